The average molecular weight is 788 g/mol. The van der Waals surface area contributed by atoms with Crippen LogP contribution in [0.5, 0.6) is 0 Å². The number of hydrogen-bond acceptors (Lipinski definition) is 22. The lowest BCUT2D eigenvalue weighted by atomic mass is 9.95. The molecule has 4 saturated heterocycles. The summed E-state index contributed by atoms with van der Waals surface area (Å²) in [6.45, 7) is -2.54. The maximum absolute atomic E-state index is 11.8. The van der Waals surface area contributed by atoms with E-state index < -0.39 is 163 Å². The zero-order valence-corrected chi connectivity index (χ0v) is 28.1. The molecule has 15 N–H and O–H groups in total. The first-order valence-corrected chi connectivity index (χ1v) is 17.4. The molecule has 0 radical (unpaired) electrons. The van der Waals surface area contributed by atoms with Crippen molar-refractivity contribution >= 4 is 13.7 Å². The molecule has 4 heterocycles. The lowest BCUT2D eigenvalue weighted by Gasteiger charge is -2.48. The number of aliphatic hydroxyl groups is 12. The molecule has 4 aliphatic heterocycles. The molecule has 1 amide bonds. The van der Waals surface area contributed by atoms with Crippen molar-refractivity contribution in [2.75, 3.05) is 26.4 Å². The van der Waals surface area contributed by atoms with E-state index in [2.05, 4.69) is 9.84 Å². The van der Waals surface area contributed by atoms with Gasteiger partial charge in [0.05, 0.1) is 26.4 Å². The highest BCUT2D eigenvalue weighted by molar-refractivity contribution is 7.46. The minimum absolute atomic E-state index is 0.736. The summed E-state index contributed by atoms with van der Waals surface area (Å²) in [4.78, 5) is 30.7. The lowest BCUT2D eigenvalue weighted by molar-refractivity contribution is -0.376. The Kier molecular flexibility index (Phi) is 15.2. The fourth-order valence-corrected chi connectivity index (χ4v) is 6.62. The van der Waals surface area contributed by atoms with Gasteiger partial charge in [0.15, 0.2) is 25.2 Å². The number of phosphoric acid groups is 1. The van der Waals surface area contributed by atoms with E-state index in [1.165, 1.54) is 0 Å². The van der Waals surface area contributed by atoms with Crippen molar-refractivity contribution in [3.8, 4) is 0 Å². The first-order chi connectivity index (χ1) is 24.3. The van der Waals surface area contributed by atoms with Crippen LogP contribution in [0.1, 0.15) is 6.92 Å². The maximum Gasteiger partial charge on any atom is 0.470 e. The molecular weight excluding hydrogens is 741 g/mol. The summed E-state index contributed by atoms with van der Waals surface area (Å²) in [6, 6.07) is -1.57. The van der Waals surface area contributed by atoms with Crippen LogP contribution < -0.4 is 5.32 Å². The molecular formula is C26H46NO24P. The molecule has 0 saturated carbocycles. The molecule has 26 heteroatoms. The molecule has 20 atom stereocenters. The van der Waals surface area contributed by atoms with Crippen LogP contribution >= 0.6 is 7.82 Å². The predicted octanol–water partition coefficient (Wildman–Crippen LogP) is -9.49. The maximum atomic E-state index is 11.8. The Morgan fingerprint density at radius 3 is 1.65 bits per heavy atom. The Hall–Kier alpha value is -1.18. The number of rotatable bonds is 13. The molecule has 0 aromatic heterocycles. The van der Waals surface area contributed by atoms with Crippen LogP contribution in [-0.4, -0.2) is 226 Å². The van der Waals surface area contributed by atoms with E-state index in [0.29, 0.717) is 0 Å². The summed E-state index contributed by atoms with van der Waals surface area (Å²) in [6.07, 6.45) is -35.8. The van der Waals surface area contributed by atoms with E-state index in [1.807, 2.05) is 0 Å². The molecule has 0 aromatic carbocycles. The van der Waals surface area contributed by atoms with E-state index in [4.69, 9.17) is 33.2 Å². The van der Waals surface area contributed by atoms with Gasteiger partial charge in [0.25, 0.3) is 0 Å². The largest absolute Gasteiger partial charge is 0.470 e. The minimum atomic E-state index is -5.49. The number of nitrogens with one attached hydrogen (secondary N) is 1. The average Bonchev–Trinajstić information content (AvgIpc) is 3.08. The van der Waals surface area contributed by atoms with Crippen molar-refractivity contribution in [3.63, 3.8) is 0 Å². The SMILES string of the molecule is CC(=O)N[C@H]1C(O)O[C@H](CO)[C@@H](O[C@H]2O[C@H](CO[C@H]3O[C@H](CO)[C@@H](O)[C@@H](O)[C@@H]3O[C@H]3O[C@H](CO)[C@@H](O)[C@H](O)[C@@H]3O)[C@@H](O)[C@H](O)[C@@H]2OP(=O)(O)O)[C@@H]1O. The molecule has 4 aliphatic rings. The van der Waals surface area contributed by atoms with Crippen LogP contribution in [0.4, 0.5) is 0 Å². The molecule has 0 spiro atoms. The highest BCUT2D eigenvalue weighted by atomic mass is 31.2. The molecule has 1 unspecified atom stereocenters. The summed E-state index contributed by atoms with van der Waals surface area (Å²) in [7, 11) is -5.49. The molecule has 304 valence electrons. The van der Waals surface area contributed by atoms with Crippen LogP contribution in [0, 0.1) is 0 Å². The zero-order chi connectivity index (χ0) is 38.8. The van der Waals surface area contributed by atoms with E-state index >= 15 is 0 Å². The van der Waals surface area contributed by atoms with Crippen molar-refractivity contribution in [2.45, 2.75) is 130 Å². The number of carbonyl (C=O) groups is 1. The van der Waals surface area contributed by atoms with Gasteiger partial charge in [-0.2, -0.15) is 0 Å². The molecule has 0 bridgehead atoms. The molecule has 4 fully saturated rings. The van der Waals surface area contributed by atoms with E-state index in [-0.39, 0.29) is 0 Å². The Bertz CT molecular complexity index is 1200. The summed E-state index contributed by atoms with van der Waals surface area (Å²) in [5.74, 6) is -0.736. The molecule has 4 rings (SSSR count). The van der Waals surface area contributed by atoms with Crippen LogP contribution in [0.2, 0.25) is 0 Å². The minimum Gasteiger partial charge on any atom is -0.394 e. The van der Waals surface area contributed by atoms with E-state index in [9.17, 15) is 80.4 Å². The lowest BCUT2D eigenvalue weighted by Crippen LogP contribution is -2.67. The predicted molar refractivity (Wildman–Crippen MR) is 156 cm³/mol. The van der Waals surface area contributed by atoms with E-state index in [0.717, 1.165) is 6.92 Å². The Morgan fingerprint density at radius 2 is 1.10 bits per heavy atom. The fraction of sp³-hybridized carbons (Fsp3) is 0.962. The number of phosphoric ester groups is 1. The van der Waals surface area contributed by atoms with Gasteiger partial charge in [-0.15, -0.1) is 0 Å². The highest BCUT2D eigenvalue weighted by Crippen LogP contribution is 2.42. The van der Waals surface area contributed by atoms with Crippen LogP contribution in [0.25, 0.3) is 0 Å². The normalized spacial score (nSPS) is 47.6. The second kappa shape index (κ2) is 18.2. The van der Waals surface area contributed by atoms with Crippen molar-refractivity contribution in [1.82, 2.24) is 5.32 Å². The third-order valence-electron chi connectivity index (χ3n) is 8.83. The zero-order valence-electron chi connectivity index (χ0n) is 27.2. The number of carbonyl (C=O) groups excluding carboxylic acids is 1. The molecule has 0 aliphatic carbocycles. The van der Waals surface area contributed by atoms with Gasteiger partial charge < -0.3 is 110 Å². The Labute approximate surface area is 293 Å². The molecule has 25 nitrogen and oxygen atoms in total. The first-order valence-electron chi connectivity index (χ1n) is 15.8. The van der Waals surface area contributed by atoms with Gasteiger partial charge in [0.1, 0.15) is 97.6 Å². The molecule has 52 heavy (non-hydrogen) atoms. The quantitative estimate of drug-likeness (QED) is 0.0770. The number of ether oxygens (including phenoxy) is 7. The topological polar surface area (TPSA) is 403 Å². The third kappa shape index (κ3) is 9.78. The summed E-state index contributed by atoms with van der Waals surface area (Å²) >= 11 is 0. The van der Waals surface area contributed by atoms with Gasteiger partial charge in [-0.05, 0) is 0 Å². The number of hydrogen-bond donors (Lipinski definition) is 15. The van der Waals surface area contributed by atoms with Gasteiger partial charge in [-0.1, -0.05) is 0 Å². The summed E-state index contributed by atoms with van der Waals surface area (Å²) in [5.41, 5.74) is 0. The third-order valence-corrected chi connectivity index (χ3v) is 9.34. The fourth-order valence-electron chi connectivity index (χ4n) is 6.08. The van der Waals surface area contributed by atoms with Gasteiger partial charge in [-0.25, -0.2) is 4.57 Å². The van der Waals surface area contributed by atoms with E-state index in [1.54, 1.807) is 0 Å². The van der Waals surface area contributed by atoms with Crippen LogP contribution in [0.3, 0.4) is 0 Å². The van der Waals surface area contributed by atoms with Gasteiger partial charge >= 0.3 is 7.82 Å². The summed E-state index contributed by atoms with van der Waals surface area (Å²) < 4.78 is 54.9. The smallest absolute Gasteiger partial charge is 0.394 e. The van der Waals surface area contributed by atoms with Crippen molar-refractivity contribution in [3.05, 3.63) is 0 Å². The van der Waals surface area contributed by atoms with Gasteiger partial charge in [0, 0.05) is 6.92 Å². The summed E-state index contributed by atoms with van der Waals surface area (Å²) in [5, 5.41) is 126. The standard InChI is InChI=1S/C26H46NO24P/c1-6(31)27-11-15(35)20(9(4-30)45-23(11)40)49-26-22(51-52(41,42)43)18(38)14(34)10(48-26)5-44-25-21(17(37)13(33)8(3-29)47-25)50-24-19(39)16(36)12(32)7(2-28)46-24/h7-26,28-30,32-40H,2-5H2,1H3,(H,27,31)(H2,41,42,43)/t7-,8-,9-,10-,11-,12-,13-,14-,15-,16+,17-,18+,19+,20-,21+,22+,23?,24-,25+,26-/m1/s1. The Morgan fingerprint density at radius 1 is 0.596 bits per heavy atom. The van der Waals surface area contributed by atoms with Gasteiger partial charge in [0.2, 0.25) is 5.91 Å². The Balaban J connectivity index is 1.57. The number of amides is 1. The monoisotopic (exact) mass is 787 g/mol. The number of aliphatic hydroxyl groups excluding tert-OH is 12. The van der Waals surface area contributed by atoms with Crippen molar-refractivity contribution < 1.29 is 118 Å². The second-order valence-corrected chi connectivity index (χ2v) is 13.7. The first kappa shape index (κ1) is 43.5. The van der Waals surface area contributed by atoms with Crippen molar-refractivity contribution in [2.24, 2.45) is 0 Å². The van der Waals surface area contributed by atoms with Gasteiger partial charge in [-0.3, -0.25) is 9.32 Å². The van der Waals surface area contributed by atoms with Crippen LogP contribution in [-0.2, 0) is 47.0 Å². The van der Waals surface area contributed by atoms with Crippen molar-refractivity contribution in [1.29, 1.82) is 0 Å². The highest BCUT2D eigenvalue weighted by Gasteiger charge is 2.55. The molecule has 0 aromatic rings. The second-order valence-electron chi connectivity index (χ2n) is 12.5. The van der Waals surface area contributed by atoms with Crippen LogP contribution in [0.15, 0.2) is 0 Å².